The van der Waals surface area contributed by atoms with Crippen LogP contribution in [0.2, 0.25) is 0 Å². The number of rotatable bonds is 4. The minimum absolute atomic E-state index is 0.0914. The maximum atomic E-state index is 5.58. The van der Waals surface area contributed by atoms with Gasteiger partial charge in [-0.1, -0.05) is 0 Å². The van der Waals surface area contributed by atoms with E-state index < -0.39 is 0 Å². The molecule has 0 aliphatic carbocycles. The van der Waals surface area contributed by atoms with Crippen molar-refractivity contribution in [2.75, 3.05) is 13.2 Å². The van der Waals surface area contributed by atoms with Gasteiger partial charge in [0.15, 0.2) is 0 Å². The Kier molecular flexibility index (Phi) is 3.72. The van der Waals surface area contributed by atoms with Crippen LogP contribution < -0.4 is 5.73 Å². The highest BCUT2D eigenvalue weighted by Gasteiger charge is 2.10. The second kappa shape index (κ2) is 4.60. The minimum atomic E-state index is 0.0914. The van der Waals surface area contributed by atoms with Crippen LogP contribution in [0, 0.1) is 6.92 Å². The molecular formula is C9H15NOS. The van der Waals surface area contributed by atoms with E-state index in [1.54, 1.807) is 11.3 Å². The first kappa shape index (κ1) is 9.71. The van der Waals surface area contributed by atoms with Crippen molar-refractivity contribution in [3.8, 4) is 0 Å². The molecule has 0 saturated heterocycles. The summed E-state index contributed by atoms with van der Waals surface area (Å²) in [6, 6.07) is 4.19. The molecule has 0 amide bonds. The first-order chi connectivity index (χ1) is 5.77. The van der Waals surface area contributed by atoms with Crippen LogP contribution in [0.3, 0.4) is 0 Å². The quantitative estimate of drug-likeness (QED) is 0.779. The third-order valence-corrected chi connectivity index (χ3v) is 2.75. The summed E-state index contributed by atoms with van der Waals surface area (Å²) in [5.41, 5.74) is 5.58. The molecule has 0 spiro atoms. The SMILES string of the molecule is CCOC(CN)c1ccc(C)s1. The topological polar surface area (TPSA) is 35.2 Å². The summed E-state index contributed by atoms with van der Waals surface area (Å²) in [7, 11) is 0. The maximum absolute atomic E-state index is 5.58. The zero-order valence-electron chi connectivity index (χ0n) is 7.54. The van der Waals surface area contributed by atoms with Gasteiger partial charge in [0.1, 0.15) is 6.10 Å². The second-order valence-corrected chi connectivity index (χ2v) is 3.95. The van der Waals surface area contributed by atoms with Crippen molar-refractivity contribution in [1.29, 1.82) is 0 Å². The predicted octanol–water partition coefficient (Wildman–Crippen LogP) is 2.09. The third-order valence-electron chi connectivity index (χ3n) is 1.66. The highest BCUT2D eigenvalue weighted by Crippen LogP contribution is 2.24. The molecule has 0 aromatic carbocycles. The van der Waals surface area contributed by atoms with E-state index in [1.807, 2.05) is 6.92 Å². The van der Waals surface area contributed by atoms with Crippen LogP contribution in [0.15, 0.2) is 12.1 Å². The van der Waals surface area contributed by atoms with Gasteiger partial charge in [0.05, 0.1) is 0 Å². The van der Waals surface area contributed by atoms with Crippen LogP contribution in [-0.4, -0.2) is 13.2 Å². The van der Waals surface area contributed by atoms with Gasteiger partial charge in [-0.05, 0) is 26.0 Å². The molecule has 3 heteroatoms. The molecule has 0 bridgehead atoms. The predicted molar refractivity (Wildman–Crippen MR) is 52.5 cm³/mol. The van der Waals surface area contributed by atoms with Crippen LogP contribution in [0.4, 0.5) is 0 Å². The summed E-state index contributed by atoms with van der Waals surface area (Å²) in [5.74, 6) is 0. The van der Waals surface area contributed by atoms with E-state index in [0.29, 0.717) is 6.54 Å². The number of thiophene rings is 1. The lowest BCUT2D eigenvalue weighted by atomic mass is 10.3. The number of ether oxygens (including phenoxy) is 1. The van der Waals surface area contributed by atoms with E-state index in [2.05, 4.69) is 19.1 Å². The molecule has 0 aliphatic heterocycles. The summed E-state index contributed by atoms with van der Waals surface area (Å²) < 4.78 is 5.48. The smallest absolute Gasteiger partial charge is 0.104 e. The lowest BCUT2D eigenvalue weighted by molar-refractivity contribution is 0.0714. The highest BCUT2D eigenvalue weighted by molar-refractivity contribution is 7.12. The lowest BCUT2D eigenvalue weighted by Gasteiger charge is -2.12. The average molecular weight is 185 g/mol. The molecule has 0 aliphatic rings. The summed E-state index contributed by atoms with van der Waals surface area (Å²) in [6.07, 6.45) is 0.0914. The number of aryl methyl sites for hydroxylation is 1. The molecule has 12 heavy (non-hydrogen) atoms. The second-order valence-electron chi connectivity index (χ2n) is 2.63. The van der Waals surface area contributed by atoms with E-state index >= 15 is 0 Å². The van der Waals surface area contributed by atoms with Crippen molar-refractivity contribution in [2.24, 2.45) is 5.73 Å². The molecule has 0 fully saturated rings. The summed E-state index contributed by atoms with van der Waals surface area (Å²) in [5, 5.41) is 0. The van der Waals surface area contributed by atoms with E-state index in [0.717, 1.165) is 6.61 Å². The third kappa shape index (κ3) is 2.30. The fourth-order valence-corrected chi connectivity index (χ4v) is 2.03. The Morgan fingerprint density at radius 1 is 1.58 bits per heavy atom. The van der Waals surface area contributed by atoms with Gasteiger partial charge >= 0.3 is 0 Å². The normalized spacial score (nSPS) is 13.2. The minimum Gasteiger partial charge on any atom is -0.372 e. The Morgan fingerprint density at radius 3 is 2.75 bits per heavy atom. The fourth-order valence-electron chi connectivity index (χ4n) is 1.09. The molecule has 2 nitrogen and oxygen atoms in total. The molecule has 1 aromatic rings. The van der Waals surface area contributed by atoms with Gasteiger partial charge in [0, 0.05) is 22.9 Å². The Bertz CT molecular complexity index is 234. The van der Waals surface area contributed by atoms with Crippen LogP contribution in [-0.2, 0) is 4.74 Å². The average Bonchev–Trinajstić information content (AvgIpc) is 2.47. The first-order valence-corrected chi connectivity index (χ1v) is 4.97. The summed E-state index contributed by atoms with van der Waals surface area (Å²) >= 11 is 1.76. The van der Waals surface area contributed by atoms with Gasteiger partial charge < -0.3 is 10.5 Å². The monoisotopic (exact) mass is 185 g/mol. The van der Waals surface area contributed by atoms with Crippen molar-refractivity contribution in [3.63, 3.8) is 0 Å². The van der Waals surface area contributed by atoms with Crippen molar-refractivity contribution in [1.82, 2.24) is 0 Å². The Balaban J connectivity index is 2.66. The van der Waals surface area contributed by atoms with Crippen molar-refractivity contribution in [2.45, 2.75) is 20.0 Å². The summed E-state index contributed by atoms with van der Waals surface area (Å²) in [6.45, 7) is 5.36. The van der Waals surface area contributed by atoms with E-state index in [-0.39, 0.29) is 6.10 Å². The number of hydrogen-bond acceptors (Lipinski definition) is 3. The van der Waals surface area contributed by atoms with Gasteiger partial charge in [-0.2, -0.15) is 0 Å². The van der Waals surface area contributed by atoms with E-state index in [4.69, 9.17) is 10.5 Å². The Hall–Kier alpha value is -0.380. The number of hydrogen-bond donors (Lipinski definition) is 1. The Morgan fingerprint density at radius 2 is 2.33 bits per heavy atom. The molecule has 0 radical (unpaired) electrons. The largest absolute Gasteiger partial charge is 0.372 e. The van der Waals surface area contributed by atoms with Crippen molar-refractivity contribution in [3.05, 3.63) is 21.9 Å². The van der Waals surface area contributed by atoms with Gasteiger partial charge in [0.2, 0.25) is 0 Å². The van der Waals surface area contributed by atoms with Crippen LogP contribution in [0.5, 0.6) is 0 Å². The fraction of sp³-hybridized carbons (Fsp3) is 0.556. The molecule has 1 rings (SSSR count). The Labute approximate surface area is 77.3 Å². The van der Waals surface area contributed by atoms with Gasteiger partial charge in [-0.25, -0.2) is 0 Å². The molecule has 1 aromatic heterocycles. The maximum Gasteiger partial charge on any atom is 0.104 e. The highest BCUT2D eigenvalue weighted by atomic mass is 32.1. The van der Waals surface area contributed by atoms with Crippen LogP contribution >= 0.6 is 11.3 Å². The molecule has 1 heterocycles. The van der Waals surface area contributed by atoms with Crippen LogP contribution in [0.1, 0.15) is 22.8 Å². The molecule has 68 valence electrons. The molecular weight excluding hydrogens is 170 g/mol. The molecule has 2 N–H and O–H groups in total. The van der Waals surface area contributed by atoms with Gasteiger partial charge in [-0.15, -0.1) is 11.3 Å². The molecule has 1 unspecified atom stereocenters. The number of nitrogens with two attached hydrogens (primary N) is 1. The molecule has 1 atom stereocenters. The van der Waals surface area contributed by atoms with E-state index in [1.165, 1.54) is 9.75 Å². The van der Waals surface area contributed by atoms with Crippen LogP contribution in [0.25, 0.3) is 0 Å². The zero-order chi connectivity index (χ0) is 8.97. The molecule has 0 saturated carbocycles. The van der Waals surface area contributed by atoms with Crippen molar-refractivity contribution < 1.29 is 4.74 Å². The standard InChI is InChI=1S/C9H15NOS/c1-3-11-8(6-10)9-5-4-7(2)12-9/h4-5,8H,3,6,10H2,1-2H3. The van der Waals surface area contributed by atoms with Gasteiger partial charge in [-0.3, -0.25) is 0 Å². The van der Waals surface area contributed by atoms with E-state index in [9.17, 15) is 0 Å². The lowest BCUT2D eigenvalue weighted by Crippen LogP contribution is -2.14. The first-order valence-electron chi connectivity index (χ1n) is 4.16. The zero-order valence-corrected chi connectivity index (χ0v) is 8.36. The van der Waals surface area contributed by atoms with Crippen molar-refractivity contribution >= 4 is 11.3 Å². The summed E-state index contributed by atoms with van der Waals surface area (Å²) in [4.78, 5) is 2.54. The van der Waals surface area contributed by atoms with Gasteiger partial charge in [0.25, 0.3) is 0 Å².